The molecule has 0 aliphatic heterocycles. The smallest absolute Gasteiger partial charge is 0.253 e. The summed E-state index contributed by atoms with van der Waals surface area (Å²) in [6, 6.07) is 7.15. The van der Waals surface area contributed by atoms with Crippen molar-refractivity contribution in [2.24, 2.45) is 5.92 Å². The van der Waals surface area contributed by atoms with Crippen LogP contribution in [0.4, 0.5) is 5.69 Å². The monoisotopic (exact) mass is 300 g/mol. The summed E-state index contributed by atoms with van der Waals surface area (Å²) in [5.41, 5.74) is 1.40. The second kappa shape index (κ2) is 7.78. The minimum atomic E-state index is 0.0281. The molecular weight excluding hydrogens is 276 g/mol. The normalized spacial score (nSPS) is 17.1. The average Bonchev–Trinajstić information content (AvgIpc) is 2.57. The van der Waals surface area contributed by atoms with Crippen molar-refractivity contribution < 1.29 is 9.59 Å². The highest BCUT2D eigenvalue weighted by Gasteiger charge is 2.19. The zero-order chi connectivity index (χ0) is 15.9. The van der Waals surface area contributed by atoms with Crippen LogP contribution in [0, 0.1) is 5.92 Å². The predicted molar refractivity (Wildman–Crippen MR) is 88.8 cm³/mol. The summed E-state index contributed by atoms with van der Waals surface area (Å²) in [5.74, 6) is 0.148. The number of carbonyl (C=O) groups excluding carboxylic acids is 2. The van der Waals surface area contributed by atoms with Crippen molar-refractivity contribution >= 4 is 17.5 Å². The molecule has 0 bridgehead atoms. The van der Waals surface area contributed by atoms with Crippen molar-refractivity contribution in [2.75, 3.05) is 18.4 Å². The largest absolute Gasteiger partial charge is 0.339 e. The third-order valence-corrected chi connectivity index (χ3v) is 4.09. The van der Waals surface area contributed by atoms with Gasteiger partial charge in [0.05, 0.1) is 0 Å². The second-order valence-corrected chi connectivity index (χ2v) is 5.53. The minimum Gasteiger partial charge on any atom is -0.339 e. The molecule has 4 nitrogen and oxygen atoms in total. The molecular formula is C18H24N2O2. The summed E-state index contributed by atoms with van der Waals surface area (Å²) in [7, 11) is 0. The average molecular weight is 300 g/mol. The number of rotatable bonds is 5. The number of hydrogen-bond acceptors (Lipinski definition) is 2. The lowest BCUT2D eigenvalue weighted by atomic mass is 9.93. The molecule has 0 saturated heterocycles. The van der Waals surface area contributed by atoms with E-state index in [4.69, 9.17) is 0 Å². The number of nitrogens with zero attached hydrogens (tertiary/aromatic N) is 1. The molecule has 0 saturated carbocycles. The topological polar surface area (TPSA) is 49.4 Å². The third kappa shape index (κ3) is 3.97. The Kier molecular flexibility index (Phi) is 5.75. The highest BCUT2D eigenvalue weighted by molar-refractivity contribution is 5.96. The van der Waals surface area contributed by atoms with Gasteiger partial charge in [-0.3, -0.25) is 9.59 Å². The Morgan fingerprint density at radius 2 is 1.82 bits per heavy atom. The molecule has 1 N–H and O–H groups in total. The van der Waals surface area contributed by atoms with E-state index >= 15 is 0 Å². The van der Waals surface area contributed by atoms with Crippen LogP contribution in [0.25, 0.3) is 0 Å². The van der Waals surface area contributed by atoms with Crippen molar-refractivity contribution in [1.29, 1.82) is 0 Å². The van der Waals surface area contributed by atoms with Crippen molar-refractivity contribution in [1.82, 2.24) is 4.90 Å². The van der Waals surface area contributed by atoms with Gasteiger partial charge in [0, 0.05) is 30.3 Å². The molecule has 118 valence electrons. The number of carbonyl (C=O) groups is 2. The fourth-order valence-electron chi connectivity index (χ4n) is 2.67. The number of allylic oxidation sites excluding steroid dienone is 2. The summed E-state index contributed by atoms with van der Waals surface area (Å²) < 4.78 is 0. The van der Waals surface area contributed by atoms with Gasteiger partial charge in [0.1, 0.15) is 0 Å². The SMILES string of the molecule is CCN(CC)C(=O)c1ccc(NC(=O)C2CC=CCC2)cc1. The number of anilines is 1. The maximum absolute atomic E-state index is 12.2. The summed E-state index contributed by atoms with van der Waals surface area (Å²) in [6.07, 6.45) is 6.87. The van der Waals surface area contributed by atoms with Gasteiger partial charge in [0.25, 0.3) is 5.91 Å². The van der Waals surface area contributed by atoms with Crippen LogP contribution in [-0.2, 0) is 4.79 Å². The molecule has 0 radical (unpaired) electrons. The lowest BCUT2D eigenvalue weighted by molar-refractivity contribution is -0.120. The van der Waals surface area contributed by atoms with Gasteiger partial charge in [-0.1, -0.05) is 12.2 Å². The first kappa shape index (κ1) is 16.3. The number of amides is 2. The lowest BCUT2D eigenvalue weighted by Crippen LogP contribution is -2.30. The molecule has 0 aromatic heterocycles. The molecule has 0 fully saturated rings. The zero-order valence-corrected chi connectivity index (χ0v) is 13.3. The van der Waals surface area contributed by atoms with E-state index in [1.807, 2.05) is 13.8 Å². The van der Waals surface area contributed by atoms with Crippen LogP contribution in [0.15, 0.2) is 36.4 Å². The van der Waals surface area contributed by atoms with Crippen LogP contribution >= 0.6 is 0 Å². The maximum Gasteiger partial charge on any atom is 0.253 e. The Labute approximate surface area is 132 Å². The van der Waals surface area contributed by atoms with E-state index in [9.17, 15) is 9.59 Å². The van der Waals surface area contributed by atoms with Crippen LogP contribution in [0.1, 0.15) is 43.5 Å². The van der Waals surface area contributed by atoms with Crippen molar-refractivity contribution in [2.45, 2.75) is 33.1 Å². The molecule has 4 heteroatoms. The van der Waals surface area contributed by atoms with Crippen molar-refractivity contribution in [3.8, 4) is 0 Å². The molecule has 0 spiro atoms. The molecule has 22 heavy (non-hydrogen) atoms. The molecule has 1 aliphatic carbocycles. The molecule has 2 rings (SSSR count). The first-order chi connectivity index (χ1) is 10.7. The maximum atomic E-state index is 12.2. The second-order valence-electron chi connectivity index (χ2n) is 5.53. The fraction of sp³-hybridized carbons (Fsp3) is 0.444. The predicted octanol–water partition coefficient (Wildman–Crippen LogP) is 3.46. The number of benzene rings is 1. The van der Waals surface area contributed by atoms with Crippen LogP contribution in [0.3, 0.4) is 0 Å². The van der Waals surface area contributed by atoms with E-state index in [1.165, 1.54) is 0 Å². The van der Waals surface area contributed by atoms with Gasteiger partial charge in [-0.2, -0.15) is 0 Å². The Morgan fingerprint density at radius 1 is 1.14 bits per heavy atom. The Bertz CT molecular complexity index is 545. The van der Waals surface area contributed by atoms with Gasteiger partial charge in [-0.25, -0.2) is 0 Å². The van der Waals surface area contributed by atoms with E-state index in [1.54, 1.807) is 29.2 Å². The zero-order valence-electron chi connectivity index (χ0n) is 13.3. The lowest BCUT2D eigenvalue weighted by Gasteiger charge is -2.19. The molecule has 1 aromatic rings. The standard InChI is InChI=1S/C18H24N2O2/c1-3-20(4-2)18(22)15-10-12-16(13-11-15)19-17(21)14-8-6-5-7-9-14/h5-6,10-14H,3-4,7-9H2,1-2H3,(H,19,21). The quantitative estimate of drug-likeness (QED) is 0.847. The molecule has 0 heterocycles. The van der Waals surface area contributed by atoms with Gasteiger partial charge >= 0.3 is 0 Å². The summed E-state index contributed by atoms with van der Waals surface area (Å²) in [6.45, 7) is 5.33. The Balaban J connectivity index is 1.98. The molecule has 2 amide bonds. The van der Waals surface area contributed by atoms with Gasteiger partial charge in [0.2, 0.25) is 5.91 Å². The fourth-order valence-corrected chi connectivity index (χ4v) is 2.67. The first-order valence-corrected chi connectivity index (χ1v) is 8.00. The summed E-state index contributed by atoms with van der Waals surface area (Å²) in [4.78, 5) is 26.2. The highest BCUT2D eigenvalue weighted by Crippen LogP contribution is 2.20. The molecule has 1 aliphatic rings. The first-order valence-electron chi connectivity index (χ1n) is 8.00. The Hall–Kier alpha value is -2.10. The van der Waals surface area contributed by atoms with Crippen molar-refractivity contribution in [3.63, 3.8) is 0 Å². The van der Waals surface area contributed by atoms with Crippen LogP contribution in [0.5, 0.6) is 0 Å². The summed E-state index contributed by atoms with van der Waals surface area (Å²) in [5, 5.41) is 2.94. The van der Waals surface area contributed by atoms with E-state index in [0.717, 1.165) is 24.9 Å². The van der Waals surface area contributed by atoms with Gasteiger partial charge in [-0.05, 0) is 57.4 Å². The molecule has 1 atom stereocenters. The van der Waals surface area contributed by atoms with Gasteiger partial charge < -0.3 is 10.2 Å². The molecule has 1 unspecified atom stereocenters. The van der Waals surface area contributed by atoms with Gasteiger partial charge in [0.15, 0.2) is 0 Å². The number of nitrogens with one attached hydrogen (secondary N) is 1. The van der Waals surface area contributed by atoms with Crippen molar-refractivity contribution in [3.05, 3.63) is 42.0 Å². The van der Waals surface area contributed by atoms with Crippen LogP contribution < -0.4 is 5.32 Å². The minimum absolute atomic E-state index is 0.0281. The van der Waals surface area contributed by atoms with E-state index in [2.05, 4.69) is 17.5 Å². The molecule has 1 aromatic carbocycles. The van der Waals surface area contributed by atoms with Gasteiger partial charge in [-0.15, -0.1) is 0 Å². The van der Waals surface area contributed by atoms with Crippen LogP contribution in [-0.4, -0.2) is 29.8 Å². The third-order valence-electron chi connectivity index (χ3n) is 4.09. The Morgan fingerprint density at radius 3 is 2.36 bits per heavy atom. The number of hydrogen-bond donors (Lipinski definition) is 1. The van der Waals surface area contributed by atoms with Crippen LogP contribution in [0.2, 0.25) is 0 Å². The van der Waals surface area contributed by atoms with E-state index in [-0.39, 0.29) is 17.7 Å². The summed E-state index contributed by atoms with van der Waals surface area (Å²) >= 11 is 0. The highest BCUT2D eigenvalue weighted by atomic mass is 16.2. The van der Waals surface area contributed by atoms with E-state index in [0.29, 0.717) is 18.7 Å². The van der Waals surface area contributed by atoms with E-state index < -0.39 is 0 Å².